The number of benzene rings is 1. The van der Waals surface area contributed by atoms with E-state index >= 15 is 0 Å². The van der Waals surface area contributed by atoms with Crippen molar-refractivity contribution in [2.75, 3.05) is 5.73 Å². The van der Waals surface area contributed by atoms with Crippen molar-refractivity contribution in [3.63, 3.8) is 0 Å². The number of rotatable bonds is 2. The highest BCUT2D eigenvalue weighted by molar-refractivity contribution is 7.13. The Hall–Kier alpha value is -2.58. The lowest BCUT2D eigenvalue weighted by Gasteiger charge is -2.03. The normalized spacial score (nSPS) is 10.4. The Morgan fingerprint density at radius 2 is 2.00 bits per heavy atom. The largest absolute Gasteiger partial charge is 0.382 e. The quantitative estimate of drug-likeness (QED) is 0.782. The number of hydrogen-bond acceptors (Lipinski definition) is 4. The third-order valence-electron chi connectivity index (χ3n) is 3.07. The Morgan fingerprint density at radius 3 is 2.60 bits per heavy atom. The molecule has 0 fully saturated rings. The number of aromatic nitrogens is 2. The SMILES string of the molecule is Cc1ccc(-n2nc(-c3cccs3)c(C#N)c2N)cc1. The first-order valence-electron chi connectivity index (χ1n) is 6.10. The van der Waals surface area contributed by atoms with Gasteiger partial charge in [0, 0.05) is 0 Å². The first kappa shape index (κ1) is 12.5. The topological polar surface area (TPSA) is 67.6 Å². The van der Waals surface area contributed by atoms with Gasteiger partial charge in [0.2, 0.25) is 0 Å². The van der Waals surface area contributed by atoms with E-state index in [0.29, 0.717) is 17.1 Å². The molecule has 0 spiro atoms. The second-order valence-corrected chi connectivity index (χ2v) is 5.39. The van der Waals surface area contributed by atoms with Crippen LogP contribution in [0, 0.1) is 18.3 Å². The summed E-state index contributed by atoms with van der Waals surface area (Å²) in [7, 11) is 0. The molecule has 2 N–H and O–H groups in total. The maximum absolute atomic E-state index is 9.32. The molecule has 0 aliphatic rings. The predicted molar refractivity (Wildman–Crippen MR) is 80.7 cm³/mol. The summed E-state index contributed by atoms with van der Waals surface area (Å²) in [4.78, 5) is 0.944. The molecule has 0 aliphatic carbocycles. The molecule has 20 heavy (non-hydrogen) atoms. The van der Waals surface area contributed by atoms with Crippen molar-refractivity contribution in [3.8, 4) is 22.3 Å². The Bertz CT molecular complexity index is 777. The van der Waals surface area contributed by atoms with Crippen LogP contribution in [0.25, 0.3) is 16.3 Å². The number of anilines is 1. The van der Waals surface area contributed by atoms with Crippen molar-refractivity contribution in [1.29, 1.82) is 5.26 Å². The lowest BCUT2D eigenvalue weighted by atomic mass is 10.2. The third kappa shape index (κ3) is 1.96. The minimum absolute atomic E-state index is 0.375. The van der Waals surface area contributed by atoms with Crippen LogP contribution in [0.3, 0.4) is 0 Å². The zero-order valence-electron chi connectivity index (χ0n) is 10.9. The summed E-state index contributed by atoms with van der Waals surface area (Å²) in [6, 6.07) is 13.9. The van der Waals surface area contributed by atoms with E-state index < -0.39 is 0 Å². The smallest absolute Gasteiger partial charge is 0.145 e. The molecule has 0 saturated heterocycles. The van der Waals surface area contributed by atoms with Crippen LogP contribution in [0.2, 0.25) is 0 Å². The van der Waals surface area contributed by atoms with Gasteiger partial charge in [0.1, 0.15) is 23.1 Å². The van der Waals surface area contributed by atoms with Gasteiger partial charge in [-0.05, 0) is 30.5 Å². The molecule has 0 saturated carbocycles. The van der Waals surface area contributed by atoms with Crippen molar-refractivity contribution in [2.24, 2.45) is 0 Å². The van der Waals surface area contributed by atoms with E-state index in [4.69, 9.17) is 5.73 Å². The van der Waals surface area contributed by atoms with Gasteiger partial charge in [-0.3, -0.25) is 0 Å². The minimum Gasteiger partial charge on any atom is -0.382 e. The van der Waals surface area contributed by atoms with E-state index in [-0.39, 0.29) is 0 Å². The first-order valence-corrected chi connectivity index (χ1v) is 6.98. The van der Waals surface area contributed by atoms with Gasteiger partial charge >= 0.3 is 0 Å². The summed E-state index contributed by atoms with van der Waals surface area (Å²) in [6.45, 7) is 2.02. The number of nitriles is 1. The number of nitrogens with zero attached hydrogens (tertiary/aromatic N) is 3. The standard InChI is InChI=1S/C15H12N4S/c1-10-4-6-11(7-5-10)19-15(17)12(9-16)14(18-19)13-3-2-8-20-13/h2-8H,17H2,1H3. The van der Waals surface area contributed by atoms with Gasteiger partial charge < -0.3 is 5.73 Å². The molecular weight excluding hydrogens is 268 g/mol. The highest BCUT2D eigenvalue weighted by atomic mass is 32.1. The van der Waals surface area contributed by atoms with E-state index in [1.807, 2.05) is 48.7 Å². The molecule has 3 rings (SSSR count). The van der Waals surface area contributed by atoms with Crippen molar-refractivity contribution in [1.82, 2.24) is 9.78 Å². The summed E-state index contributed by atoms with van der Waals surface area (Å²) in [5.41, 5.74) is 9.16. The summed E-state index contributed by atoms with van der Waals surface area (Å²) in [6.07, 6.45) is 0. The Balaban J connectivity index is 2.19. The van der Waals surface area contributed by atoms with Crippen molar-refractivity contribution in [3.05, 3.63) is 52.9 Å². The molecule has 2 aromatic heterocycles. The maximum Gasteiger partial charge on any atom is 0.145 e. The summed E-state index contributed by atoms with van der Waals surface area (Å²) < 4.78 is 1.62. The summed E-state index contributed by atoms with van der Waals surface area (Å²) >= 11 is 1.54. The van der Waals surface area contributed by atoms with Crippen LogP contribution in [-0.2, 0) is 0 Å². The molecule has 3 aromatic rings. The maximum atomic E-state index is 9.32. The van der Waals surface area contributed by atoms with Crippen LogP contribution >= 0.6 is 11.3 Å². The van der Waals surface area contributed by atoms with Gasteiger partial charge in [0.05, 0.1) is 10.6 Å². The van der Waals surface area contributed by atoms with Gasteiger partial charge in [-0.15, -0.1) is 11.3 Å². The second kappa shape index (κ2) is 4.83. The number of hydrogen-bond donors (Lipinski definition) is 1. The molecule has 4 nitrogen and oxygen atoms in total. The fourth-order valence-corrected chi connectivity index (χ4v) is 2.73. The Kier molecular flexibility index (Phi) is 3.01. The monoisotopic (exact) mass is 280 g/mol. The van der Waals surface area contributed by atoms with Crippen LogP contribution < -0.4 is 5.73 Å². The Morgan fingerprint density at radius 1 is 1.25 bits per heavy atom. The molecule has 0 unspecified atom stereocenters. The van der Waals surface area contributed by atoms with Gasteiger partial charge in [0.15, 0.2) is 0 Å². The molecule has 2 heterocycles. The zero-order chi connectivity index (χ0) is 14.1. The fourth-order valence-electron chi connectivity index (χ4n) is 2.01. The molecular formula is C15H12N4S. The molecule has 0 aliphatic heterocycles. The summed E-state index contributed by atoms with van der Waals surface area (Å²) in [5, 5.41) is 15.8. The van der Waals surface area contributed by atoms with E-state index in [0.717, 1.165) is 10.6 Å². The second-order valence-electron chi connectivity index (χ2n) is 4.45. The lowest BCUT2D eigenvalue weighted by Crippen LogP contribution is -2.02. The lowest BCUT2D eigenvalue weighted by molar-refractivity contribution is 0.895. The minimum atomic E-state index is 0.375. The van der Waals surface area contributed by atoms with Crippen molar-refractivity contribution < 1.29 is 0 Å². The molecule has 0 radical (unpaired) electrons. The fraction of sp³-hybridized carbons (Fsp3) is 0.0667. The van der Waals surface area contributed by atoms with Gasteiger partial charge in [-0.1, -0.05) is 23.8 Å². The molecule has 0 atom stereocenters. The van der Waals surface area contributed by atoms with Gasteiger partial charge in [-0.25, -0.2) is 4.68 Å². The van der Waals surface area contributed by atoms with Crippen molar-refractivity contribution >= 4 is 17.2 Å². The molecule has 98 valence electrons. The van der Waals surface area contributed by atoms with Crippen LogP contribution in [0.5, 0.6) is 0 Å². The van der Waals surface area contributed by atoms with Crippen LogP contribution in [0.1, 0.15) is 11.1 Å². The van der Waals surface area contributed by atoms with Gasteiger partial charge in [-0.2, -0.15) is 10.4 Å². The third-order valence-corrected chi connectivity index (χ3v) is 3.94. The van der Waals surface area contributed by atoms with E-state index in [2.05, 4.69) is 11.2 Å². The number of aryl methyl sites for hydroxylation is 1. The average molecular weight is 280 g/mol. The average Bonchev–Trinajstić information content (AvgIpc) is 3.07. The molecule has 0 bridgehead atoms. The number of nitrogens with two attached hydrogens (primary N) is 1. The number of thiophene rings is 1. The van der Waals surface area contributed by atoms with Crippen LogP contribution in [-0.4, -0.2) is 9.78 Å². The predicted octanol–water partition coefficient (Wildman–Crippen LogP) is 3.36. The van der Waals surface area contributed by atoms with E-state index in [1.54, 1.807) is 16.0 Å². The van der Waals surface area contributed by atoms with E-state index in [1.165, 1.54) is 5.56 Å². The highest BCUT2D eigenvalue weighted by Crippen LogP contribution is 2.31. The van der Waals surface area contributed by atoms with Gasteiger partial charge in [0.25, 0.3) is 0 Å². The van der Waals surface area contributed by atoms with Crippen LogP contribution in [0.15, 0.2) is 41.8 Å². The van der Waals surface area contributed by atoms with Crippen LogP contribution in [0.4, 0.5) is 5.82 Å². The first-order chi connectivity index (χ1) is 9.70. The summed E-state index contributed by atoms with van der Waals surface area (Å²) in [5.74, 6) is 0.375. The van der Waals surface area contributed by atoms with E-state index in [9.17, 15) is 5.26 Å². The molecule has 5 heteroatoms. The highest BCUT2D eigenvalue weighted by Gasteiger charge is 2.18. The zero-order valence-corrected chi connectivity index (χ0v) is 11.7. The Labute approximate surface area is 120 Å². The molecule has 1 aromatic carbocycles. The van der Waals surface area contributed by atoms with Crippen molar-refractivity contribution in [2.45, 2.75) is 6.92 Å². The number of nitrogen functional groups attached to an aromatic ring is 1. The molecule has 0 amide bonds.